The standard InChI is InChI=1S/C14H18N2OS/c17-14(12-6-2-1-3-7-12)8-4-11-18-13-15-9-5-10-16(13)14/h1-3,6-7,17H,4-5,8-11H2. The van der Waals surface area contributed by atoms with Gasteiger partial charge in [-0.1, -0.05) is 42.1 Å². The van der Waals surface area contributed by atoms with Gasteiger partial charge in [0.2, 0.25) is 0 Å². The van der Waals surface area contributed by atoms with Crippen LogP contribution in [-0.4, -0.2) is 34.0 Å². The third-order valence-electron chi connectivity index (χ3n) is 3.60. The number of hydrogen-bond donors (Lipinski definition) is 1. The Morgan fingerprint density at radius 1 is 1.22 bits per heavy atom. The van der Waals surface area contributed by atoms with Gasteiger partial charge >= 0.3 is 0 Å². The molecule has 1 saturated heterocycles. The van der Waals surface area contributed by atoms with E-state index < -0.39 is 5.72 Å². The van der Waals surface area contributed by atoms with Crippen LogP contribution in [0.2, 0.25) is 0 Å². The molecular weight excluding hydrogens is 244 g/mol. The summed E-state index contributed by atoms with van der Waals surface area (Å²) in [6, 6.07) is 10.0. The topological polar surface area (TPSA) is 35.8 Å². The van der Waals surface area contributed by atoms with E-state index in [4.69, 9.17) is 0 Å². The summed E-state index contributed by atoms with van der Waals surface area (Å²) in [5.74, 6) is 1.05. The third-order valence-corrected chi connectivity index (χ3v) is 4.70. The fourth-order valence-corrected chi connectivity index (χ4v) is 3.73. The largest absolute Gasteiger partial charge is 0.367 e. The lowest BCUT2D eigenvalue weighted by Gasteiger charge is -2.41. The molecule has 2 aliphatic rings. The number of benzene rings is 1. The van der Waals surface area contributed by atoms with Crippen LogP contribution in [0.15, 0.2) is 35.3 Å². The fourth-order valence-electron chi connectivity index (χ4n) is 2.67. The number of amidine groups is 1. The van der Waals surface area contributed by atoms with Crippen molar-refractivity contribution in [2.75, 3.05) is 18.8 Å². The van der Waals surface area contributed by atoms with Crippen LogP contribution in [0.1, 0.15) is 24.8 Å². The molecule has 0 aromatic heterocycles. The zero-order chi connectivity index (χ0) is 12.4. The predicted molar refractivity (Wildman–Crippen MR) is 75.7 cm³/mol. The first-order valence-electron chi connectivity index (χ1n) is 6.53. The van der Waals surface area contributed by atoms with Crippen LogP contribution in [0.3, 0.4) is 0 Å². The number of thioether (sulfide) groups is 1. The molecule has 1 fully saturated rings. The van der Waals surface area contributed by atoms with Crippen molar-refractivity contribution in [3.05, 3.63) is 35.9 Å². The minimum absolute atomic E-state index is 0.781. The van der Waals surface area contributed by atoms with Gasteiger partial charge in [-0.25, -0.2) is 0 Å². The summed E-state index contributed by atoms with van der Waals surface area (Å²) >= 11 is 1.78. The van der Waals surface area contributed by atoms with Crippen molar-refractivity contribution in [1.82, 2.24) is 4.90 Å². The number of fused-ring (bicyclic) bond motifs is 1. The second kappa shape index (κ2) is 4.94. The maximum atomic E-state index is 11.1. The van der Waals surface area contributed by atoms with E-state index in [1.807, 2.05) is 30.3 Å². The first kappa shape index (κ1) is 12.1. The van der Waals surface area contributed by atoms with Gasteiger partial charge in [-0.2, -0.15) is 0 Å². The lowest BCUT2D eigenvalue weighted by molar-refractivity contribution is -0.0832. The fraction of sp³-hybridized carbons (Fsp3) is 0.500. The molecule has 96 valence electrons. The van der Waals surface area contributed by atoms with E-state index in [0.717, 1.165) is 48.8 Å². The molecule has 0 spiro atoms. The van der Waals surface area contributed by atoms with Crippen molar-refractivity contribution in [3.8, 4) is 0 Å². The molecular formula is C14H18N2OS. The lowest BCUT2D eigenvalue weighted by atomic mass is 9.96. The highest BCUT2D eigenvalue weighted by molar-refractivity contribution is 8.13. The van der Waals surface area contributed by atoms with Gasteiger partial charge in [0, 0.05) is 30.8 Å². The zero-order valence-electron chi connectivity index (χ0n) is 10.4. The molecule has 0 saturated carbocycles. The summed E-state index contributed by atoms with van der Waals surface area (Å²) in [7, 11) is 0. The van der Waals surface area contributed by atoms with E-state index in [9.17, 15) is 5.11 Å². The molecule has 0 aliphatic carbocycles. The molecule has 2 heterocycles. The van der Waals surface area contributed by atoms with Crippen LogP contribution >= 0.6 is 11.8 Å². The molecule has 1 aromatic carbocycles. The number of nitrogens with zero attached hydrogens (tertiary/aromatic N) is 2. The number of aliphatic imine (C=N–C) groups is 1. The van der Waals surface area contributed by atoms with Crippen LogP contribution in [0.5, 0.6) is 0 Å². The lowest BCUT2D eigenvalue weighted by Crippen LogP contribution is -2.49. The first-order valence-corrected chi connectivity index (χ1v) is 7.52. The molecule has 2 aliphatic heterocycles. The average molecular weight is 262 g/mol. The van der Waals surface area contributed by atoms with Gasteiger partial charge in [0.1, 0.15) is 0 Å². The molecule has 1 atom stereocenters. The Morgan fingerprint density at radius 3 is 2.89 bits per heavy atom. The van der Waals surface area contributed by atoms with Gasteiger partial charge in [-0.3, -0.25) is 4.99 Å². The first-order chi connectivity index (χ1) is 8.81. The van der Waals surface area contributed by atoms with Crippen molar-refractivity contribution in [2.24, 2.45) is 4.99 Å². The van der Waals surface area contributed by atoms with E-state index in [2.05, 4.69) is 9.89 Å². The average Bonchev–Trinajstić information content (AvgIpc) is 2.61. The zero-order valence-corrected chi connectivity index (χ0v) is 11.2. The number of aliphatic hydroxyl groups is 1. The highest BCUT2D eigenvalue weighted by atomic mass is 32.2. The predicted octanol–water partition coefficient (Wildman–Crippen LogP) is 2.42. The molecule has 0 bridgehead atoms. The Labute approximate surface area is 112 Å². The molecule has 1 aromatic rings. The van der Waals surface area contributed by atoms with Crippen molar-refractivity contribution in [1.29, 1.82) is 0 Å². The summed E-state index contributed by atoms with van der Waals surface area (Å²) < 4.78 is 0. The Hall–Kier alpha value is -1.00. The van der Waals surface area contributed by atoms with Crippen LogP contribution < -0.4 is 0 Å². The molecule has 3 nitrogen and oxygen atoms in total. The highest BCUT2D eigenvalue weighted by Crippen LogP contribution is 2.37. The molecule has 0 radical (unpaired) electrons. The smallest absolute Gasteiger partial charge is 0.165 e. The SMILES string of the molecule is OC1(c2ccccc2)CCCSC2=NCCCN21. The van der Waals surface area contributed by atoms with Crippen LogP contribution in [-0.2, 0) is 5.72 Å². The van der Waals surface area contributed by atoms with Crippen LogP contribution in [0, 0.1) is 0 Å². The molecule has 3 rings (SSSR count). The molecule has 0 amide bonds. The minimum Gasteiger partial charge on any atom is -0.367 e. The van der Waals surface area contributed by atoms with Gasteiger partial charge in [-0.15, -0.1) is 0 Å². The Bertz CT molecular complexity index is 448. The van der Waals surface area contributed by atoms with E-state index in [-0.39, 0.29) is 0 Å². The third kappa shape index (κ3) is 2.04. The second-order valence-corrected chi connectivity index (χ2v) is 5.87. The molecule has 1 N–H and O–H groups in total. The monoisotopic (exact) mass is 262 g/mol. The molecule has 4 heteroatoms. The Balaban J connectivity index is 2.02. The van der Waals surface area contributed by atoms with Crippen LogP contribution in [0.4, 0.5) is 0 Å². The maximum Gasteiger partial charge on any atom is 0.165 e. The summed E-state index contributed by atoms with van der Waals surface area (Å²) in [6.45, 7) is 1.79. The van der Waals surface area contributed by atoms with E-state index in [1.54, 1.807) is 11.8 Å². The van der Waals surface area contributed by atoms with Crippen LogP contribution in [0.25, 0.3) is 0 Å². The van der Waals surface area contributed by atoms with Gasteiger partial charge in [0.05, 0.1) is 0 Å². The molecule has 18 heavy (non-hydrogen) atoms. The minimum atomic E-state index is -0.871. The van der Waals surface area contributed by atoms with Gasteiger partial charge in [0.15, 0.2) is 10.9 Å². The van der Waals surface area contributed by atoms with E-state index in [0.29, 0.717) is 0 Å². The maximum absolute atomic E-state index is 11.1. The normalized spacial score (nSPS) is 28.3. The quantitative estimate of drug-likeness (QED) is 0.844. The Morgan fingerprint density at radius 2 is 2.06 bits per heavy atom. The number of hydrogen-bond acceptors (Lipinski definition) is 4. The summed E-state index contributed by atoms with van der Waals surface area (Å²) in [6.07, 6.45) is 2.83. The van der Waals surface area contributed by atoms with Gasteiger partial charge in [-0.05, 0) is 12.8 Å². The Kier molecular flexibility index (Phi) is 3.31. The van der Waals surface area contributed by atoms with Gasteiger partial charge in [0.25, 0.3) is 0 Å². The van der Waals surface area contributed by atoms with Crippen molar-refractivity contribution >= 4 is 16.9 Å². The van der Waals surface area contributed by atoms with E-state index >= 15 is 0 Å². The van der Waals surface area contributed by atoms with Gasteiger partial charge < -0.3 is 10.0 Å². The molecule has 1 unspecified atom stereocenters. The van der Waals surface area contributed by atoms with E-state index in [1.165, 1.54) is 0 Å². The summed E-state index contributed by atoms with van der Waals surface area (Å²) in [5.41, 5.74) is 0.117. The summed E-state index contributed by atoms with van der Waals surface area (Å²) in [4.78, 5) is 6.68. The second-order valence-electron chi connectivity index (χ2n) is 4.80. The highest BCUT2D eigenvalue weighted by Gasteiger charge is 2.40. The number of rotatable bonds is 1. The van der Waals surface area contributed by atoms with Crippen molar-refractivity contribution < 1.29 is 5.11 Å². The van der Waals surface area contributed by atoms with Crippen molar-refractivity contribution in [3.63, 3.8) is 0 Å². The van der Waals surface area contributed by atoms with Crippen molar-refractivity contribution in [2.45, 2.75) is 25.0 Å². The summed E-state index contributed by atoms with van der Waals surface area (Å²) in [5, 5.41) is 12.2.